The zero-order chi connectivity index (χ0) is 18.9. The maximum absolute atomic E-state index is 12.5. The monoisotopic (exact) mass is 368 g/mol. The fourth-order valence-corrected chi connectivity index (χ4v) is 3.92. The molecule has 0 atom stereocenters. The molecule has 0 unspecified atom stereocenters. The minimum absolute atomic E-state index is 0.00970. The number of H-pyrrole nitrogens is 1. The van der Waals surface area contributed by atoms with Gasteiger partial charge in [0.05, 0.1) is 12.7 Å². The third kappa shape index (κ3) is 2.93. The van der Waals surface area contributed by atoms with E-state index in [9.17, 15) is 4.79 Å². The van der Waals surface area contributed by atoms with Crippen LogP contribution in [-0.2, 0) is 17.6 Å². The molecule has 1 amide bonds. The molecule has 0 spiro atoms. The van der Waals surface area contributed by atoms with Crippen molar-refractivity contribution in [2.45, 2.75) is 12.8 Å². The van der Waals surface area contributed by atoms with Crippen molar-refractivity contribution in [1.82, 2.24) is 10.3 Å². The van der Waals surface area contributed by atoms with E-state index in [2.05, 4.69) is 34.6 Å². The predicted molar refractivity (Wildman–Crippen MR) is 112 cm³/mol. The number of amides is 1. The number of hydrogen-bond donors (Lipinski definition) is 2. The summed E-state index contributed by atoms with van der Waals surface area (Å²) in [6.07, 6.45) is 4.84. The summed E-state index contributed by atoms with van der Waals surface area (Å²) < 4.78 is 5.69. The Hall–Kier alpha value is -3.53. The summed E-state index contributed by atoms with van der Waals surface area (Å²) in [4.78, 5) is 15.8. The van der Waals surface area contributed by atoms with Gasteiger partial charge in [-0.15, -0.1) is 0 Å². The molecule has 0 radical (unpaired) electrons. The van der Waals surface area contributed by atoms with Gasteiger partial charge in [-0.3, -0.25) is 4.79 Å². The first-order valence-corrected chi connectivity index (χ1v) is 9.49. The molecule has 3 aromatic carbocycles. The van der Waals surface area contributed by atoms with Crippen molar-refractivity contribution in [3.05, 3.63) is 84.3 Å². The summed E-state index contributed by atoms with van der Waals surface area (Å²) >= 11 is 0. The zero-order valence-electron chi connectivity index (χ0n) is 15.4. The smallest absolute Gasteiger partial charge is 0.224 e. The molecule has 2 aromatic heterocycles. The van der Waals surface area contributed by atoms with Crippen LogP contribution in [0.2, 0.25) is 0 Å². The number of hydrogen-bond acceptors (Lipinski definition) is 2. The number of aromatic nitrogens is 1. The molecule has 5 aromatic rings. The van der Waals surface area contributed by atoms with E-state index in [1.54, 1.807) is 6.26 Å². The molecule has 28 heavy (non-hydrogen) atoms. The van der Waals surface area contributed by atoms with Crippen molar-refractivity contribution in [1.29, 1.82) is 0 Å². The van der Waals surface area contributed by atoms with E-state index in [-0.39, 0.29) is 5.91 Å². The molecule has 4 heteroatoms. The topological polar surface area (TPSA) is 58.0 Å². The van der Waals surface area contributed by atoms with Gasteiger partial charge in [0.2, 0.25) is 5.91 Å². The minimum atomic E-state index is 0.00970. The Labute approximate surface area is 162 Å². The lowest BCUT2D eigenvalue weighted by Crippen LogP contribution is -2.27. The molecule has 4 nitrogen and oxygen atoms in total. The fraction of sp³-hybridized carbons (Fsp3) is 0.125. The average Bonchev–Trinajstić information content (AvgIpc) is 3.33. The van der Waals surface area contributed by atoms with Crippen molar-refractivity contribution in [3.8, 4) is 0 Å². The molecule has 0 saturated heterocycles. The van der Waals surface area contributed by atoms with Crippen LogP contribution < -0.4 is 5.32 Å². The standard InChI is InChI=1S/C24H20N2O2/c27-23(25-12-11-17-14-26-21-8-4-3-6-19(17)21)13-18-15-28-22-10-9-16-5-1-2-7-20(16)24(18)22/h1-10,14-15,26H,11-13H2,(H,25,27). The molecule has 0 aliphatic heterocycles. The summed E-state index contributed by atoms with van der Waals surface area (Å²) in [6.45, 7) is 0.608. The highest BCUT2D eigenvalue weighted by Gasteiger charge is 2.13. The van der Waals surface area contributed by atoms with Gasteiger partial charge in [-0.05, 0) is 34.9 Å². The van der Waals surface area contributed by atoms with E-state index >= 15 is 0 Å². The van der Waals surface area contributed by atoms with Gasteiger partial charge in [0.1, 0.15) is 5.58 Å². The van der Waals surface area contributed by atoms with Crippen molar-refractivity contribution in [2.24, 2.45) is 0 Å². The van der Waals surface area contributed by atoms with Crippen LogP contribution in [0, 0.1) is 0 Å². The number of fused-ring (bicyclic) bond motifs is 4. The molecular formula is C24H20N2O2. The van der Waals surface area contributed by atoms with Gasteiger partial charge >= 0.3 is 0 Å². The van der Waals surface area contributed by atoms with Gasteiger partial charge in [-0.2, -0.15) is 0 Å². The highest BCUT2D eigenvalue weighted by atomic mass is 16.3. The molecule has 2 N–H and O–H groups in total. The molecule has 2 heterocycles. The van der Waals surface area contributed by atoms with Crippen LogP contribution in [0.15, 0.2) is 77.5 Å². The average molecular weight is 368 g/mol. The largest absolute Gasteiger partial charge is 0.464 e. The number of carbonyl (C=O) groups excluding carboxylic acids is 1. The first-order chi connectivity index (χ1) is 13.8. The molecule has 5 rings (SSSR count). The van der Waals surface area contributed by atoms with Crippen molar-refractivity contribution in [3.63, 3.8) is 0 Å². The lowest BCUT2D eigenvalue weighted by Gasteiger charge is -2.05. The molecule has 0 aliphatic carbocycles. The second-order valence-corrected chi connectivity index (χ2v) is 7.06. The molecule has 0 fully saturated rings. The summed E-state index contributed by atoms with van der Waals surface area (Å²) in [5.74, 6) is 0.00970. The van der Waals surface area contributed by atoms with E-state index in [0.717, 1.165) is 39.2 Å². The van der Waals surface area contributed by atoms with E-state index in [4.69, 9.17) is 4.42 Å². The summed E-state index contributed by atoms with van der Waals surface area (Å²) in [5.41, 5.74) is 4.09. The second kappa shape index (κ2) is 6.89. The number of aromatic amines is 1. The first-order valence-electron chi connectivity index (χ1n) is 9.49. The number of carbonyl (C=O) groups is 1. The maximum Gasteiger partial charge on any atom is 0.224 e. The van der Waals surface area contributed by atoms with Crippen LogP contribution in [0.3, 0.4) is 0 Å². The van der Waals surface area contributed by atoms with E-state index in [1.165, 1.54) is 10.9 Å². The third-order valence-corrected chi connectivity index (χ3v) is 5.28. The van der Waals surface area contributed by atoms with Gasteiger partial charge < -0.3 is 14.7 Å². The Balaban J connectivity index is 1.30. The molecule has 0 bridgehead atoms. The van der Waals surface area contributed by atoms with Gasteiger partial charge in [-0.25, -0.2) is 0 Å². The predicted octanol–water partition coefficient (Wildman–Crippen LogP) is 4.97. The Morgan fingerprint density at radius 3 is 2.68 bits per heavy atom. The quantitative estimate of drug-likeness (QED) is 0.460. The minimum Gasteiger partial charge on any atom is -0.464 e. The van der Waals surface area contributed by atoms with E-state index < -0.39 is 0 Å². The van der Waals surface area contributed by atoms with Crippen LogP contribution in [-0.4, -0.2) is 17.4 Å². The van der Waals surface area contributed by atoms with Gasteiger partial charge in [0.25, 0.3) is 0 Å². The Morgan fingerprint density at radius 2 is 1.75 bits per heavy atom. The fourth-order valence-electron chi connectivity index (χ4n) is 3.92. The number of nitrogens with one attached hydrogen (secondary N) is 2. The highest BCUT2D eigenvalue weighted by Crippen LogP contribution is 2.30. The summed E-state index contributed by atoms with van der Waals surface area (Å²) in [6, 6.07) is 20.4. The molecular weight excluding hydrogens is 348 g/mol. The van der Waals surface area contributed by atoms with Gasteiger partial charge in [-0.1, -0.05) is 48.5 Å². The van der Waals surface area contributed by atoms with Crippen molar-refractivity contribution in [2.75, 3.05) is 6.54 Å². The number of rotatable bonds is 5. The normalized spacial score (nSPS) is 11.4. The Kier molecular flexibility index (Phi) is 4.09. The maximum atomic E-state index is 12.5. The molecule has 0 aliphatic rings. The molecule has 0 saturated carbocycles. The Bertz CT molecular complexity index is 1300. The van der Waals surface area contributed by atoms with Crippen LogP contribution in [0.1, 0.15) is 11.1 Å². The lowest BCUT2D eigenvalue weighted by atomic mass is 10.0. The first kappa shape index (κ1) is 16.6. The summed E-state index contributed by atoms with van der Waals surface area (Å²) in [7, 11) is 0. The molecule has 138 valence electrons. The van der Waals surface area contributed by atoms with Crippen LogP contribution in [0.4, 0.5) is 0 Å². The van der Waals surface area contributed by atoms with E-state index in [1.807, 2.05) is 42.6 Å². The van der Waals surface area contributed by atoms with Gasteiger partial charge in [0.15, 0.2) is 0 Å². The van der Waals surface area contributed by atoms with E-state index in [0.29, 0.717) is 13.0 Å². The summed E-state index contributed by atoms with van der Waals surface area (Å²) in [5, 5.41) is 7.56. The Morgan fingerprint density at radius 1 is 0.929 bits per heavy atom. The SMILES string of the molecule is O=C(Cc1coc2ccc3ccccc3c12)NCCc1c[nH]c2ccccc12. The van der Waals surface area contributed by atoms with Crippen LogP contribution >= 0.6 is 0 Å². The second-order valence-electron chi connectivity index (χ2n) is 7.06. The number of benzene rings is 3. The zero-order valence-corrected chi connectivity index (χ0v) is 15.4. The van der Waals surface area contributed by atoms with Gasteiger partial charge in [0, 0.05) is 34.6 Å². The van der Waals surface area contributed by atoms with Crippen LogP contribution in [0.25, 0.3) is 32.6 Å². The van der Waals surface area contributed by atoms with Crippen molar-refractivity contribution >= 4 is 38.6 Å². The van der Waals surface area contributed by atoms with Crippen molar-refractivity contribution < 1.29 is 9.21 Å². The van der Waals surface area contributed by atoms with Crippen LogP contribution in [0.5, 0.6) is 0 Å². The number of para-hydroxylation sites is 1. The highest BCUT2D eigenvalue weighted by molar-refractivity contribution is 6.08. The number of furan rings is 1. The third-order valence-electron chi connectivity index (χ3n) is 5.28. The lowest BCUT2D eigenvalue weighted by molar-refractivity contribution is -0.120.